The summed E-state index contributed by atoms with van der Waals surface area (Å²) >= 11 is 4.93. The van der Waals surface area contributed by atoms with E-state index in [1.54, 1.807) is 0 Å². The Kier molecular flexibility index (Phi) is 1.87. The summed E-state index contributed by atoms with van der Waals surface area (Å²) in [6.45, 7) is 0. The highest BCUT2D eigenvalue weighted by Gasteiger charge is 2.04. The van der Waals surface area contributed by atoms with Gasteiger partial charge in [0.2, 0.25) is 5.75 Å². The lowest BCUT2D eigenvalue weighted by atomic mass is 10.3. The van der Waals surface area contributed by atoms with Crippen LogP contribution in [-0.2, 0) is 0 Å². The summed E-state index contributed by atoms with van der Waals surface area (Å²) < 4.78 is 4.19. The molecule has 0 saturated carbocycles. The van der Waals surface area contributed by atoms with E-state index in [-0.39, 0.29) is 17.2 Å². The molecule has 0 unspecified atom stereocenters. The SMILES string of the molecule is Oc1cccc(OCl)c1O. The Balaban J connectivity index is 3.14. The second-order valence-electron chi connectivity index (χ2n) is 1.70. The van der Waals surface area contributed by atoms with Crippen LogP contribution < -0.4 is 4.29 Å². The Bertz CT molecular complexity index is 236. The molecule has 0 atom stereocenters. The topological polar surface area (TPSA) is 49.7 Å². The summed E-state index contributed by atoms with van der Waals surface area (Å²) in [6, 6.07) is 4.27. The normalized spacial score (nSPS) is 9.30. The summed E-state index contributed by atoms with van der Waals surface area (Å²) in [5.41, 5.74) is 0. The molecule has 0 bridgehead atoms. The predicted octanol–water partition coefficient (Wildman–Crippen LogP) is 1.63. The van der Waals surface area contributed by atoms with Crippen LogP contribution in [0.15, 0.2) is 18.2 Å². The zero-order chi connectivity index (χ0) is 7.56. The Morgan fingerprint density at radius 2 is 2.00 bits per heavy atom. The van der Waals surface area contributed by atoms with Crippen molar-refractivity contribution in [3.8, 4) is 17.2 Å². The first-order valence-electron chi connectivity index (χ1n) is 2.55. The lowest BCUT2D eigenvalue weighted by Crippen LogP contribution is -1.75. The highest BCUT2D eigenvalue weighted by Crippen LogP contribution is 2.34. The minimum atomic E-state index is -0.350. The summed E-state index contributed by atoms with van der Waals surface area (Å²) in [4.78, 5) is 0. The third kappa shape index (κ3) is 1.09. The average molecular weight is 161 g/mol. The van der Waals surface area contributed by atoms with Crippen molar-refractivity contribution in [1.82, 2.24) is 0 Å². The fourth-order valence-corrected chi connectivity index (χ4v) is 0.698. The van der Waals surface area contributed by atoms with Gasteiger partial charge in [0.05, 0.1) is 0 Å². The lowest BCUT2D eigenvalue weighted by molar-refractivity contribution is 0.389. The Morgan fingerprint density at radius 3 is 2.50 bits per heavy atom. The van der Waals surface area contributed by atoms with Crippen molar-refractivity contribution in [2.24, 2.45) is 0 Å². The number of phenolic OH excluding ortho intramolecular Hbond substituents is 2. The fraction of sp³-hybridized carbons (Fsp3) is 0. The van der Waals surface area contributed by atoms with Crippen molar-refractivity contribution in [1.29, 1.82) is 0 Å². The van der Waals surface area contributed by atoms with Gasteiger partial charge in [-0.1, -0.05) is 6.07 Å². The van der Waals surface area contributed by atoms with E-state index < -0.39 is 0 Å². The molecule has 0 amide bonds. The van der Waals surface area contributed by atoms with Crippen molar-refractivity contribution in [2.75, 3.05) is 0 Å². The van der Waals surface area contributed by atoms with Crippen LogP contribution in [0.3, 0.4) is 0 Å². The number of hydrogen-bond acceptors (Lipinski definition) is 3. The minimum absolute atomic E-state index is 0.0432. The van der Waals surface area contributed by atoms with Gasteiger partial charge in [0.15, 0.2) is 11.5 Å². The number of hydrogen-bond donors (Lipinski definition) is 2. The number of phenols is 2. The van der Waals surface area contributed by atoms with Gasteiger partial charge in [0, 0.05) is 0 Å². The van der Waals surface area contributed by atoms with Crippen molar-refractivity contribution < 1.29 is 14.5 Å². The van der Waals surface area contributed by atoms with Gasteiger partial charge in [-0.3, -0.25) is 0 Å². The molecule has 10 heavy (non-hydrogen) atoms. The van der Waals surface area contributed by atoms with Crippen molar-refractivity contribution in [3.05, 3.63) is 18.2 Å². The van der Waals surface area contributed by atoms with E-state index in [1.807, 2.05) is 0 Å². The summed E-state index contributed by atoms with van der Waals surface area (Å²) in [6.07, 6.45) is 0. The van der Waals surface area contributed by atoms with E-state index in [0.29, 0.717) is 0 Å². The van der Waals surface area contributed by atoms with E-state index in [9.17, 15) is 0 Å². The molecule has 0 aliphatic heterocycles. The van der Waals surface area contributed by atoms with E-state index in [2.05, 4.69) is 4.29 Å². The number of rotatable bonds is 1. The molecule has 0 spiro atoms. The quantitative estimate of drug-likeness (QED) is 0.614. The van der Waals surface area contributed by atoms with Crippen LogP contribution in [0.2, 0.25) is 0 Å². The predicted molar refractivity (Wildman–Crippen MR) is 36.3 cm³/mol. The van der Waals surface area contributed by atoms with Gasteiger partial charge in [0.25, 0.3) is 0 Å². The van der Waals surface area contributed by atoms with Gasteiger partial charge in [-0.25, -0.2) is 0 Å². The van der Waals surface area contributed by atoms with E-state index in [1.165, 1.54) is 18.2 Å². The van der Waals surface area contributed by atoms with Crippen LogP contribution in [0, 0.1) is 0 Å². The summed E-state index contributed by atoms with van der Waals surface area (Å²) in [5, 5.41) is 17.8. The molecule has 0 radical (unpaired) electrons. The largest absolute Gasteiger partial charge is 0.504 e. The van der Waals surface area contributed by atoms with E-state index in [4.69, 9.17) is 22.1 Å². The average Bonchev–Trinajstić information content (AvgIpc) is 1.95. The molecule has 0 aromatic heterocycles. The standard InChI is InChI=1S/C6H5ClO3/c7-10-5-3-1-2-4(8)6(5)9/h1-3,8-9H. The summed E-state index contributed by atoms with van der Waals surface area (Å²) in [5.74, 6) is -0.558. The smallest absolute Gasteiger partial charge is 0.202 e. The van der Waals surface area contributed by atoms with Gasteiger partial charge in [-0.2, -0.15) is 0 Å². The Labute approximate surface area is 62.6 Å². The van der Waals surface area contributed by atoms with Gasteiger partial charge in [-0.15, -0.1) is 0 Å². The third-order valence-electron chi connectivity index (χ3n) is 1.06. The van der Waals surface area contributed by atoms with Crippen LogP contribution in [0.1, 0.15) is 0 Å². The van der Waals surface area contributed by atoms with Crippen LogP contribution in [0.25, 0.3) is 0 Å². The maximum Gasteiger partial charge on any atom is 0.202 e. The molecular weight excluding hydrogens is 156 g/mol. The van der Waals surface area contributed by atoms with Crippen LogP contribution in [0.4, 0.5) is 0 Å². The highest BCUT2D eigenvalue weighted by molar-refractivity contribution is 6.09. The number of para-hydroxylation sites is 1. The molecule has 0 fully saturated rings. The minimum Gasteiger partial charge on any atom is -0.504 e. The van der Waals surface area contributed by atoms with Gasteiger partial charge in [-0.05, 0) is 12.1 Å². The molecule has 1 rings (SSSR count). The van der Waals surface area contributed by atoms with Crippen LogP contribution in [-0.4, -0.2) is 10.2 Å². The third-order valence-corrected chi connectivity index (χ3v) is 1.23. The molecule has 4 heteroatoms. The second kappa shape index (κ2) is 2.66. The molecule has 0 saturated heterocycles. The molecule has 0 aliphatic rings. The lowest BCUT2D eigenvalue weighted by Gasteiger charge is -1.99. The first kappa shape index (κ1) is 7.02. The highest BCUT2D eigenvalue weighted by atomic mass is 35.5. The molecule has 3 nitrogen and oxygen atoms in total. The van der Waals surface area contributed by atoms with Crippen LogP contribution >= 0.6 is 11.9 Å². The molecular formula is C6H5ClO3. The molecule has 2 N–H and O–H groups in total. The number of aromatic hydroxyl groups is 2. The van der Waals surface area contributed by atoms with E-state index >= 15 is 0 Å². The number of benzene rings is 1. The maximum atomic E-state index is 8.94. The fourth-order valence-electron chi connectivity index (χ4n) is 0.573. The molecule has 0 heterocycles. The number of halogens is 1. The zero-order valence-corrected chi connectivity index (χ0v) is 5.67. The molecule has 54 valence electrons. The second-order valence-corrected chi connectivity index (χ2v) is 1.86. The van der Waals surface area contributed by atoms with Gasteiger partial charge in [0.1, 0.15) is 11.9 Å². The van der Waals surface area contributed by atoms with Crippen molar-refractivity contribution in [3.63, 3.8) is 0 Å². The Hall–Kier alpha value is -1.09. The van der Waals surface area contributed by atoms with Crippen LogP contribution in [0.5, 0.6) is 17.2 Å². The molecule has 1 aromatic rings. The zero-order valence-electron chi connectivity index (χ0n) is 4.91. The molecule has 0 aliphatic carbocycles. The molecule has 1 aromatic carbocycles. The monoisotopic (exact) mass is 160 g/mol. The summed E-state index contributed by atoms with van der Waals surface area (Å²) in [7, 11) is 0. The van der Waals surface area contributed by atoms with Gasteiger partial charge < -0.3 is 14.5 Å². The van der Waals surface area contributed by atoms with E-state index in [0.717, 1.165) is 0 Å². The van der Waals surface area contributed by atoms with Crippen molar-refractivity contribution >= 4 is 11.9 Å². The first-order valence-corrected chi connectivity index (χ1v) is 2.86. The van der Waals surface area contributed by atoms with Gasteiger partial charge >= 0.3 is 0 Å². The first-order chi connectivity index (χ1) is 4.75. The van der Waals surface area contributed by atoms with Crippen molar-refractivity contribution in [2.45, 2.75) is 0 Å². The Morgan fingerprint density at radius 1 is 1.30 bits per heavy atom. The maximum absolute atomic E-state index is 8.94.